The number of nitrogens with one attached hydrogen (secondary N) is 1. The van der Waals surface area contributed by atoms with Crippen LogP contribution in [0.4, 0.5) is 5.13 Å². The van der Waals surface area contributed by atoms with Gasteiger partial charge in [0.05, 0.1) is 0 Å². The Morgan fingerprint density at radius 2 is 2.15 bits per heavy atom. The van der Waals surface area contributed by atoms with Crippen molar-refractivity contribution in [1.29, 1.82) is 0 Å². The molecular weight excluding hydrogens is 276 g/mol. The molecule has 0 aliphatic carbocycles. The molecule has 1 aromatic heterocycles. The van der Waals surface area contributed by atoms with Gasteiger partial charge in [0, 0.05) is 17.7 Å². The number of hydrogen-bond donors (Lipinski definition) is 1. The van der Waals surface area contributed by atoms with Crippen molar-refractivity contribution < 1.29 is 14.3 Å². The summed E-state index contributed by atoms with van der Waals surface area (Å²) < 4.78 is 10.9. The zero-order valence-corrected chi connectivity index (χ0v) is 11.4. The van der Waals surface area contributed by atoms with Crippen LogP contribution in [0.15, 0.2) is 35.9 Å². The Labute approximate surface area is 119 Å². The van der Waals surface area contributed by atoms with E-state index in [0.29, 0.717) is 24.1 Å². The summed E-state index contributed by atoms with van der Waals surface area (Å²) in [4.78, 5) is 15.7. The Balaban J connectivity index is 1.67. The smallest absolute Gasteiger partial charge is 0.250 e. The van der Waals surface area contributed by atoms with Gasteiger partial charge in [-0.3, -0.25) is 10.1 Å². The predicted octanol–water partition coefficient (Wildman–Crippen LogP) is 2.57. The molecule has 20 heavy (non-hydrogen) atoms. The molecule has 1 amide bonds. The van der Waals surface area contributed by atoms with Gasteiger partial charge >= 0.3 is 0 Å². The van der Waals surface area contributed by atoms with Gasteiger partial charge in [-0.15, -0.1) is 11.3 Å². The molecule has 0 atom stereocenters. The van der Waals surface area contributed by atoms with Gasteiger partial charge in [-0.25, -0.2) is 4.98 Å². The first-order valence-corrected chi connectivity index (χ1v) is 6.97. The number of hydrogen-bond acceptors (Lipinski definition) is 5. The van der Waals surface area contributed by atoms with E-state index in [1.165, 1.54) is 17.4 Å². The second-order valence-electron chi connectivity index (χ2n) is 4.06. The summed E-state index contributed by atoms with van der Waals surface area (Å²) in [5.74, 6) is 1.23. The van der Waals surface area contributed by atoms with E-state index in [1.54, 1.807) is 17.7 Å². The summed E-state index contributed by atoms with van der Waals surface area (Å²) in [5.41, 5.74) is 0.878. The summed E-state index contributed by atoms with van der Waals surface area (Å²) in [5, 5.41) is 5.07. The van der Waals surface area contributed by atoms with Gasteiger partial charge in [0.2, 0.25) is 5.91 Å². The quantitative estimate of drug-likeness (QED) is 0.882. The maximum Gasteiger partial charge on any atom is 0.250 e. The van der Waals surface area contributed by atoms with E-state index >= 15 is 0 Å². The van der Waals surface area contributed by atoms with E-state index in [0.717, 1.165) is 11.3 Å². The maximum atomic E-state index is 11.7. The topological polar surface area (TPSA) is 60.5 Å². The zero-order chi connectivity index (χ0) is 13.8. The van der Waals surface area contributed by atoms with Crippen LogP contribution in [0.3, 0.4) is 0 Å². The monoisotopic (exact) mass is 288 g/mol. The number of benzene rings is 1. The first kappa shape index (κ1) is 12.7. The number of amides is 1. The van der Waals surface area contributed by atoms with Gasteiger partial charge in [0.25, 0.3) is 0 Å². The Kier molecular flexibility index (Phi) is 3.64. The van der Waals surface area contributed by atoms with E-state index in [2.05, 4.69) is 10.3 Å². The molecule has 0 unspecified atom stereocenters. The number of aromatic nitrogens is 1. The lowest BCUT2D eigenvalue weighted by Crippen LogP contribution is -2.15. The number of anilines is 1. The molecule has 0 spiro atoms. The third kappa shape index (κ3) is 2.97. The average molecular weight is 288 g/mol. The van der Waals surface area contributed by atoms with Crippen molar-refractivity contribution in [3.05, 3.63) is 41.4 Å². The van der Waals surface area contributed by atoms with Crippen molar-refractivity contribution in [2.45, 2.75) is 0 Å². The van der Waals surface area contributed by atoms with Crippen molar-refractivity contribution in [3.8, 4) is 11.5 Å². The molecular formula is C14H12N2O3S. The molecule has 2 aromatic rings. The first-order valence-electron chi connectivity index (χ1n) is 6.09. The van der Waals surface area contributed by atoms with Crippen LogP contribution < -0.4 is 14.8 Å². The highest BCUT2D eigenvalue weighted by molar-refractivity contribution is 7.13. The van der Waals surface area contributed by atoms with Crippen LogP contribution in [-0.4, -0.2) is 24.1 Å². The van der Waals surface area contributed by atoms with Crippen LogP contribution in [-0.2, 0) is 4.79 Å². The third-order valence-corrected chi connectivity index (χ3v) is 3.34. The molecule has 0 radical (unpaired) electrons. The summed E-state index contributed by atoms with van der Waals surface area (Å²) in [6.45, 7) is 1.11. The predicted molar refractivity (Wildman–Crippen MR) is 77.2 cm³/mol. The standard InChI is InChI=1S/C14H12N2O3S/c17-13(16-14-15-5-8-20-14)4-2-10-1-3-11-12(9-10)19-7-6-18-11/h1-5,8-9H,6-7H2,(H,15,16,17). The number of carbonyl (C=O) groups is 1. The maximum absolute atomic E-state index is 11.7. The number of ether oxygens (including phenoxy) is 2. The average Bonchev–Trinajstić information content (AvgIpc) is 2.98. The summed E-state index contributed by atoms with van der Waals surface area (Å²) in [6.07, 6.45) is 4.83. The first-order chi connectivity index (χ1) is 9.81. The van der Waals surface area contributed by atoms with Crippen LogP contribution in [0.1, 0.15) is 5.56 Å². The minimum atomic E-state index is -0.213. The summed E-state index contributed by atoms with van der Waals surface area (Å²) >= 11 is 1.38. The molecule has 0 saturated carbocycles. The zero-order valence-electron chi connectivity index (χ0n) is 10.5. The number of thiazole rings is 1. The Hall–Kier alpha value is -2.34. The highest BCUT2D eigenvalue weighted by Gasteiger charge is 2.10. The Bertz CT molecular complexity index is 638. The highest BCUT2D eigenvalue weighted by atomic mass is 32.1. The fraction of sp³-hybridized carbons (Fsp3) is 0.143. The van der Waals surface area contributed by atoms with Gasteiger partial charge < -0.3 is 9.47 Å². The lowest BCUT2D eigenvalue weighted by atomic mass is 10.2. The lowest BCUT2D eigenvalue weighted by Gasteiger charge is -2.18. The number of fused-ring (bicyclic) bond motifs is 1. The number of nitrogens with zero attached hydrogens (tertiary/aromatic N) is 1. The molecule has 1 aromatic carbocycles. The number of rotatable bonds is 3. The van der Waals surface area contributed by atoms with Crippen LogP contribution in [0.25, 0.3) is 6.08 Å². The van der Waals surface area contributed by atoms with E-state index in [-0.39, 0.29) is 5.91 Å². The van der Waals surface area contributed by atoms with Crippen molar-refractivity contribution in [3.63, 3.8) is 0 Å². The van der Waals surface area contributed by atoms with Gasteiger partial charge in [0.1, 0.15) is 13.2 Å². The molecule has 5 nitrogen and oxygen atoms in total. The molecule has 0 bridgehead atoms. The van der Waals surface area contributed by atoms with E-state index in [9.17, 15) is 4.79 Å². The lowest BCUT2D eigenvalue weighted by molar-refractivity contribution is -0.111. The van der Waals surface area contributed by atoms with Crippen molar-refractivity contribution in [1.82, 2.24) is 4.98 Å². The SMILES string of the molecule is O=C(C=Cc1ccc2c(c1)OCCO2)Nc1nccs1. The highest BCUT2D eigenvalue weighted by Crippen LogP contribution is 2.31. The van der Waals surface area contributed by atoms with Gasteiger partial charge in [-0.05, 0) is 23.8 Å². The van der Waals surface area contributed by atoms with Gasteiger partial charge in [-0.1, -0.05) is 6.07 Å². The van der Waals surface area contributed by atoms with Crippen molar-refractivity contribution in [2.75, 3.05) is 18.5 Å². The molecule has 102 valence electrons. The largest absolute Gasteiger partial charge is 0.486 e. The minimum Gasteiger partial charge on any atom is -0.486 e. The molecule has 2 heterocycles. The van der Waals surface area contributed by atoms with Gasteiger partial charge in [-0.2, -0.15) is 0 Å². The van der Waals surface area contributed by atoms with Crippen LogP contribution in [0.2, 0.25) is 0 Å². The molecule has 1 aliphatic rings. The fourth-order valence-corrected chi connectivity index (χ4v) is 2.30. The molecule has 0 saturated heterocycles. The third-order valence-electron chi connectivity index (χ3n) is 2.66. The Morgan fingerprint density at radius 1 is 1.30 bits per heavy atom. The molecule has 0 fully saturated rings. The second kappa shape index (κ2) is 5.75. The van der Waals surface area contributed by atoms with Crippen LogP contribution in [0.5, 0.6) is 11.5 Å². The van der Waals surface area contributed by atoms with Crippen molar-refractivity contribution in [2.24, 2.45) is 0 Å². The van der Waals surface area contributed by atoms with E-state index in [1.807, 2.05) is 18.2 Å². The van der Waals surface area contributed by atoms with Crippen LogP contribution >= 0.6 is 11.3 Å². The van der Waals surface area contributed by atoms with Crippen molar-refractivity contribution >= 4 is 28.5 Å². The normalized spacial score (nSPS) is 13.4. The minimum absolute atomic E-state index is 0.213. The van der Waals surface area contributed by atoms with Gasteiger partial charge in [0.15, 0.2) is 16.6 Å². The second-order valence-corrected chi connectivity index (χ2v) is 4.96. The molecule has 6 heteroatoms. The van der Waals surface area contributed by atoms with E-state index < -0.39 is 0 Å². The molecule has 1 N–H and O–H groups in total. The summed E-state index contributed by atoms with van der Waals surface area (Å²) in [7, 11) is 0. The van der Waals surface area contributed by atoms with E-state index in [4.69, 9.17) is 9.47 Å². The molecule has 3 rings (SSSR count). The fourth-order valence-electron chi connectivity index (χ4n) is 1.77. The summed E-state index contributed by atoms with van der Waals surface area (Å²) in [6, 6.07) is 5.56. The Morgan fingerprint density at radius 3 is 2.95 bits per heavy atom. The number of carbonyl (C=O) groups excluding carboxylic acids is 1. The van der Waals surface area contributed by atoms with Crippen LogP contribution in [0, 0.1) is 0 Å². The molecule has 1 aliphatic heterocycles.